The van der Waals surface area contributed by atoms with Crippen LogP contribution >= 0.6 is 67.8 Å². The van der Waals surface area contributed by atoms with Crippen molar-refractivity contribution in [1.29, 1.82) is 0 Å². The Morgan fingerprint density at radius 3 is 1.85 bits per heavy atom. The van der Waals surface area contributed by atoms with Crippen LogP contribution in [-0.2, 0) is 33.3 Å². The summed E-state index contributed by atoms with van der Waals surface area (Å²) in [6, 6.07) is 3.70. The maximum Gasteiger partial charge on any atom is 0.339 e. The first-order valence-corrected chi connectivity index (χ1v) is 16.5. The Kier molecular flexibility index (Phi) is 14.8. The van der Waals surface area contributed by atoms with Gasteiger partial charge in [-0.05, 0) is 148 Å². The van der Waals surface area contributed by atoms with E-state index in [0.29, 0.717) is 12.0 Å². The minimum atomic E-state index is -1.26. The number of hydrogen-bond acceptors (Lipinski definition) is 9. The summed E-state index contributed by atoms with van der Waals surface area (Å²) in [7, 11) is 0. The van der Waals surface area contributed by atoms with Gasteiger partial charge in [0.1, 0.15) is 25.4 Å². The first-order chi connectivity index (χ1) is 18.7. The molecule has 1 aromatic rings. The fraction of sp³-hybridized carbons (Fsp3) is 0.655. The molecule has 0 heterocycles. The first-order valence-electron chi connectivity index (χ1n) is 13.2. The molecule has 0 fully saturated rings. The van der Waals surface area contributed by atoms with Crippen molar-refractivity contribution in [3.8, 4) is 0 Å². The summed E-state index contributed by atoms with van der Waals surface area (Å²) in [4.78, 5) is 52.2. The Morgan fingerprint density at radius 1 is 0.756 bits per heavy atom. The topological polar surface area (TPSA) is 125 Å². The zero-order valence-corrected chi connectivity index (χ0v) is 31.4. The summed E-state index contributed by atoms with van der Waals surface area (Å²) in [5.41, 5.74) is -3.83. The van der Waals surface area contributed by atoms with E-state index in [1.807, 2.05) is 13.0 Å². The maximum absolute atomic E-state index is 13.5. The maximum atomic E-state index is 13.5. The van der Waals surface area contributed by atoms with Crippen molar-refractivity contribution in [2.75, 3.05) is 26.4 Å². The molecule has 1 N–H and O–H groups in total. The van der Waals surface area contributed by atoms with Crippen LogP contribution in [0, 0.1) is 27.0 Å². The summed E-state index contributed by atoms with van der Waals surface area (Å²) in [5, 5.41) is 9.05. The molecule has 0 radical (unpaired) electrons. The van der Waals surface area contributed by atoms with Crippen molar-refractivity contribution >= 4 is 91.6 Å². The van der Waals surface area contributed by atoms with Crippen LogP contribution in [0.25, 0.3) is 0 Å². The quantitative estimate of drug-likeness (QED) is 0.0753. The van der Waals surface area contributed by atoms with Crippen LogP contribution in [0.3, 0.4) is 0 Å². The monoisotopic (exact) mass is 914 g/mol. The number of halogens is 3. The number of benzene rings is 1. The molecule has 0 saturated carbocycles. The first kappa shape index (κ1) is 38.3. The lowest BCUT2D eigenvalue weighted by molar-refractivity contribution is -0.176. The molecule has 0 aliphatic carbocycles. The van der Waals surface area contributed by atoms with E-state index in [1.165, 1.54) is 0 Å². The third-order valence-corrected chi connectivity index (χ3v) is 10.1. The zero-order chi connectivity index (χ0) is 31.8. The molecule has 0 amide bonds. The normalized spacial score (nSPS) is 14.8. The number of aliphatic hydroxyl groups excluding tert-OH is 1. The van der Waals surface area contributed by atoms with Gasteiger partial charge in [-0.1, -0.05) is 6.92 Å². The molecule has 232 valence electrons. The van der Waals surface area contributed by atoms with E-state index in [4.69, 9.17) is 24.1 Å². The molecule has 2 atom stereocenters. The lowest BCUT2D eigenvalue weighted by Crippen LogP contribution is -2.46. The second-order valence-corrected chi connectivity index (χ2v) is 15.6. The number of aliphatic hydroxyl groups is 1. The van der Waals surface area contributed by atoms with Gasteiger partial charge >= 0.3 is 23.9 Å². The van der Waals surface area contributed by atoms with Gasteiger partial charge in [-0.25, -0.2) is 4.79 Å². The molecule has 0 spiro atoms. The number of carbonyl (C=O) groups is 4. The lowest BCUT2D eigenvalue weighted by Gasteiger charge is -2.40. The van der Waals surface area contributed by atoms with Gasteiger partial charge in [-0.15, -0.1) is 0 Å². The van der Waals surface area contributed by atoms with Gasteiger partial charge in [0.25, 0.3) is 0 Å². The summed E-state index contributed by atoms with van der Waals surface area (Å²) in [6.07, 6.45) is 0.422. The van der Waals surface area contributed by atoms with Gasteiger partial charge in [0.05, 0.1) is 28.4 Å². The van der Waals surface area contributed by atoms with Crippen molar-refractivity contribution in [2.45, 2.75) is 80.3 Å². The third kappa shape index (κ3) is 11.7. The average Bonchev–Trinajstić information content (AvgIpc) is 2.85. The molecule has 0 aliphatic rings. The van der Waals surface area contributed by atoms with Gasteiger partial charge in [0.15, 0.2) is 0 Å². The van der Waals surface area contributed by atoms with Crippen molar-refractivity contribution < 1.29 is 43.2 Å². The Morgan fingerprint density at radius 2 is 1.32 bits per heavy atom. The van der Waals surface area contributed by atoms with Crippen molar-refractivity contribution in [1.82, 2.24) is 0 Å². The van der Waals surface area contributed by atoms with E-state index in [2.05, 4.69) is 67.8 Å². The predicted octanol–water partition coefficient (Wildman–Crippen LogP) is 6.31. The summed E-state index contributed by atoms with van der Waals surface area (Å²) < 4.78 is 24.4. The molecule has 9 nitrogen and oxygen atoms in total. The minimum Gasteiger partial charge on any atom is -0.463 e. The van der Waals surface area contributed by atoms with Crippen LogP contribution < -0.4 is 0 Å². The Bertz CT molecular complexity index is 1110. The highest BCUT2D eigenvalue weighted by atomic mass is 127. The molecule has 1 rings (SSSR count). The van der Waals surface area contributed by atoms with Crippen LogP contribution in [0.1, 0.15) is 85.0 Å². The fourth-order valence-corrected chi connectivity index (χ4v) is 6.79. The molecule has 12 heteroatoms. The van der Waals surface area contributed by atoms with Crippen molar-refractivity contribution in [3.63, 3.8) is 0 Å². The smallest absolute Gasteiger partial charge is 0.339 e. The molecular weight excluding hydrogens is 873 g/mol. The molecule has 0 saturated heterocycles. The van der Waals surface area contributed by atoms with Gasteiger partial charge < -0.3 is 24.1 Å². The van der Waals surface area contributed by atoms with Crippen molar-refractivity contribution in [3.05, 3.63) is 28.4 Å². The molecule has 0 aliphatic heterocycles. The van der Waals surface area contributed by atoms with E-state index < -0.39 is 45.7 Å². The molecule has 0 bridgehead atoms. The second-order valence-electron chi connectivity index (χ2n) is 12.1. The van der Waals surface area contributed by atoms with Gasteiger partial charge in [0, 0.05) is 10.7 Å². The molecular formula is C29H41I3O9. The van der Waals surface area contributed by atoms with E-state index >= 15 is 0 Å². The van der Waals surface area contributed by atoms with Gasteiger partial charge in [-0.2, -0.15) is 0 Å². The van der Waals surface area contributed by atoms with Gasteiger partial charge in [-0.3, -0.25) is 14.4 Å². The van der Waals surface area contributed by atoms with E-state index in [9.17, 15) is 19.2 Å². The Hall–Kier alpha value is -0.750. The SMILES string of the molecule is CCC(C)(CC(C)(CC(C)(C)C(=O)OCCO)C(=O)OC(C)(C)C)C(=O)OCCOC(=O)c1cc(I)cc(I)c1I. The summed E-state index contributed by atoms with van der Waals surface area (Å²) in [6.45, 7) is 13.0. The largest absolute Gasteiger partial charge is 0.463 e. The summed E-state index contributed by atoms with van der Waals surface area (Å²) >= 11 is 6.38. The third-order valence-electron chi connectivity index (χ3n) is 6.42. The molecule has 1 aromatic carbocycles. The molecule has 0 aromatic heterocycles. The summed E-state index contributed by atoms with van der Waals surface area (Å²) in [5.74, 6) is -2.17. The van der Waals surface area contributed by atoms with Crippen LogP contribution in [0.15, 0.2) is 12.1 Å². The van der Waals surface area contributed by atoms with Crippen LogP contribution in [0.5, 0.6) is 0 Å². The van der Waals surface area contributed by atoms with E-state index in [0.717, 1.165) is 10.7 Å². The second kappa shape index (κ2) is 15.8. The predicted molar refractivity (Wildman–Crippen MR) is 179 cm³/mol. The van der Waals surface area contributed by atoms with Crippen LogP contribution in [0.4, 0.5) is 0 Å². The van der Waals surface area contributed by atoms with Gasteiger partial charge in [0.2, 0.25) is 0 Å². The number of hydrogen-bond donors (Lipinski definition) is 1. The standard InChI is InChI=1S/C29H41I3O9/c1-9-28(7,24(36)40-13-12-38-22(34)19-14-18(30)15-20(31)21(19)32)17-29(8,25(37)41-26(2,3)4)16-27(5,6)23(35)39-11-10-33/h14-15,33H,9-13,16-17H2,1-8H3. The highest BCUT2D eigenvalue weighted by Crippen LogP contribution is 2.46. The number of carbonyl (C=O) groups excluding carboxylic acids is 4. The highest BCUT2D eigenvalue weighted by molar-refractivity contribution is 14.1. The van der Waals surface area contributed by atoms with Crippen LogP contribution in [0.2, 0.25) is 0 Å². The Balaban J connectivity index is 3.06. The fourth-order valence-electron chi connectivity index (χ4n) is 4.42. The lowest BCUT2D eigenvalue weighted by atomic mass is 9.65. The van der Waals surface area contributed by atoms with E-state index in [-0.39, 0.29) is 39.3 Å². The molecule has 2 unspecified atom stereocenters. The van der Waals surface area contributed by atoms with Crippen molar-refractivity contribution in [2.24, 2.45) is 16.2 Å². The Labute approximate surface area is 284 Å². The number of rotatable bonds is 14. The van der Waals surface area contributed by atoms with Crippen LogP contribution in [-0.4, -0.2) is 61.0 Å². The molecule has 41 heavy (non-hydrogen) atoms. The minimum absolute atomic E-state index is 0.0347. The average molecular weight is 914 g/mol. The number of esters is 4. The number of ether oxygens (including phenoxy) is 4. The highest BCUT2D eigenvalue weighted by Gasteiger charge is 2.50. The van der Waals surface area contributed by atoms with E-state index in [1.54, 1.807) is 54.5 Å². The zero-order valence-electron chi connectivity index (χ0n) is 25.0.